The zero-order valence-corrected chi connectivity index (χ0v) is 19.8. The molecule has 0 radical (unpaired) electrons. The summed E-state index contributed by atoms with van der Waals surface area (Å²) in [6.45, 7) is 2.57. The molecular formula is C27H24N6O3. The van der Waals surface area contributed by atoms with E-state index in [1.807, 2.05) is 43.3 Å². The summed E-state index contributed by atoms with van der Waals surface area (Å²) in [7, 11) is 0. The Morgan fingerprint density at radius 3 is 2.67 bits per heavy atom. The number of amides is 2. The van der Waals surface area contributed by atoms with E-state index in [-0.39, 0.29) is 36.2 Å². The molecule has 2 amide bonds. The molecule has 1 N–H and O–H groups in total. The minimum atomic E-state index is -0.389. The maximum absolute atomic E-state index is 13.4. The van der Waals surface area contributed by atoms with Crippen LogP contribution in [0.3, 0.4) is 0 Å². The maximum Gasteiger partial charge on any atom is 0.280 e. The van der Waals surface area contributed by atoms with Crippen LogP contribution in [-0.4, -0.2) is 37.4 Å². The lowest BCUT2D eigenvalue weighted by atomic mass is 10.1. The summed E-state index contributed by atoms with van der Waals surface area (Å²) in [5.74, 6) is -0.653. The van der Waals surface area contributed by atoms with Crippen molar-refractivity contribution in [3.8, 4) is 17.3 Å². The van der Waals surface area contributed by atoms with E-state index >= 15 is 0 Å². The van der Waals surface area contributed by atoms with Gasteiger partial charge in [0.1, 0.15) is 17.9 Å². The summed E-state index contributed by atoms with van der Waals surface area (Å²) in [6.07, 6.45) is 1.73. The number of hydrogen-bond acceptors (Lipinski definition) is 5. The minimum Gasteiger partial charge on any atom is -0.333 e. The Morgan fingerprint density at radius 1 is 1.11 bits per heavy atom. The summed E-state index contributed by atoms with van der Waals surface area (Å²) < 4.78 is 2.86. The standard InChI is InChI=1S/C27H24N6O3/c1-2-3-12-31-16-21-25(27(31)36)32(17-23(34)29-20-11-7-8-18(13-20)15-28)24-14-22(30-33(24)26(21)35)19-9-5-4-6-10-19/h4-11,13-14H,2-3,12,16-17H2,1H3,(H,29,34). The van der Waals surface area contributed by atoms with Crippen LogP contribution in [0.5, 0.6) is 0 Å². The molecule has 180 valence electrons. The third-order valence-corrected chi connectivity index (χ3v) is 6.24. The topological polar surface area (TPSA) is 112 Å². The van der Waals surface area contributed by atoms with Crippen molar-refractivity contribution in [1.29, 1.82) is 5.26 Å². The number of nitrogens with zero attached hydrogens (tertiary/aromatic N) is 5. The number of nitriles is 1. The molecule has 3 heterocycles. The van der Waals surface area contributed by atoms with Gasteiger partial charge in [-0.1, -0.05) is 49.7 Å². The largest absolute Gasteiger partial charge is 0.333 e. The van der Waals surface area contributed by atoms with Gasteiger partial charge in [0.2, 0.25) is 5.91 Å². The van der Waals surface area contributed by atoms with Crippen LogP contribution < -0.4 is 10.9 Å². The lowest BCUT2D eigenvalue weighted by molar-refractivity contribution is -0.116. The van der Waals surface area contributed by atoms with Gasteiger partial charge in [-0.05, 0) is 24.6 Å². The van der Waals surface area contributed by atoms with Gasteiger partial charge in [0.25, 0.3) is 11.5 Å². The van der Waals surface area contributed by atoms with Gasteiger partial charge < -0.3 is 14.8 Å². The lowest BCUT2D eigenvalue weighted by Crippen LogP contribution is -2.30. The molecule has 1 aliphatic rings. The van der Waals surface area contributed by atoms with Crippen LogP contribution in [-0.2, 0) is 17.9 Å². The molecule has 0 unspecified atom stereocenters. The lowest BCUT2D eigenvalue weighted by Gasteiger charge is -2.16. The first-order valence-corrected chi connectivity index (χ1v) is 11.8. The predicted octanol–water partition coefficient (Wildman–Crippen LogP) is 3.43. The molecule has 2 aromatic carbocycles. The Morgan fingerprint density at radius 2 is 1.92 bits per heavy atom. The number of carbonyl (C=O) groups is 2. The molecule has 4 aromatic rings. The summed E-state index contributed by atoms with van der Waals surface area (Å²) >= 11 is 0. The normalized spacial score (nSPS) is 12.6. The number of nitrogens with one attached hydrogen (secondary N) is 1. The summed E-state index contributed by atoms with van der Waals surface area (Å²) in [4.78, 5) is 41.5. The van der Waals surface area contributed by atoms with Gasteiger partial charge in [0.05, 0.1) is 29.4 Å². The first-order valence-electron chi connectivity index (χ1n) is 11.8. The molecule has 1 aliphatic heterocycles. The second kappa shape index (κ2) is 9.50. The van der Waals surface area contributed by atoms with Crippen LogP contribution in [0, 0.1) is 11.3 Å². The van der Waals surface area contributed by atoms with E-state index in [0.29, 0.717) is 34.7 Å². The molecule has 0 aliphatic carbocycles. The van der Waals surface area contributed by atoms with Crippen LogP contribution in [0.4, 0.5) is 5.69 Å². The molecular weight excluding hydrogens is 456 g/mol. The van der Waals surface area contributed by atoms with Gasteiger partial charge >= 0.3 is 0 Å². The Kier molecular flexibility index (Phi) is 6.09. The zero-order valence-electron chi connectivity index (χ0n) is 19.8. The third kappa shape index (κ3) is 4.14. The van der Waals surface area contributed by atoms with Crippen molar-refractivity contribution < 1.29 is 9.59 Å². The van der Waals surface area contributed by atoms with E-state index in [1.54, 1.807) is 39.8 Å². The van der Waals surface area contributed by atoms with Gasteiger partial charge in [-0.15, -0.1) is 0 Å². The monoisotopic (exact) mass is 480 g/mol. The van der Waals surface area contributed by atoms with E-state index < -0.39 is 0 Å². The molecule has 9 heteroatoms. The Hall–Kier alpha value is -4.71. The number of fused-ring (bicyclic) bond motifs is 2. The van der Waals surface area contributed by atoms with E-state index in [0.717, 1.165) is 18.4 Å². The SMILES string of the molecule is CCCCN1Cc2c(n(CC(=O)Nc3cccc(C#N)c3)c3cc(-c4ccccc4)nn3c2=O)C1=O. The zero-order chi connectivity index (χ0) is 25.2. The van der Waals surface area contributed by atoms with E-state index in [9.17, 15) is 14.4 Å². The average molecular weight is 481 g/mol. The van der Waals surface area contributed by atoms with E-state index in [2.05, 4.69) is 10.4 Å². The molecule has 0 saturated carbocycles. The number of anilines is 1. The highest BCUT2D eigenvalue weighted by molar-refractivity contribution is 5.98. The smallest absolute Gasteiger partial charge is 0.280 e. The number of carbonyl (C=O) groups excluding carboxylic acids is 2. The number of benzene rings is 2. The number of rotatable bonds is 7. The number of aromatic nitrogens is 3. The molecule has 5 rings (SSSR count). The van der Waals surface area contributed by atoms with Gasteiger partial charge in [0, 0.05) is 23.9 Å². The van der Waals surface area contributed by atoms with Gasteiger partial charge in [-0.25, -0.2) is 0 Å². The fourth-order valence-electron chi connectivity index (χ4n) is 4.47. The van der Waals surface area contributed by atoms with Crippen molar-refractivity contribution in [2.45, 2.75) is 32.9 Å². The summed E-state index contributed by atoms with van der Waals surface area (Å²) in [6, 6.07) is 19.8. The van der Waals surface area contributed by atoms with E-state index in [4.69, 9.17) is 5.26 Å². The van der Waals surface area contributed by atoms with Crippen molar-refractivity contribution in [1.82, 2.24) is 19.1 Å². The van der Waals surface area contributed by atoms with Crippen molar-refractivity contribution in [2.24, 2.45) is 0 Å². The van der Waals surface area contributed by atoms with Crippen LogP contribution in [0.1, 0.15) is 41.4 Å². The van der Waals surface area contributed by atoms with Gasteiger partial charge in [-0.2, -0.15) is 14.9 Å². The van der Waals surface area contributed by atoms with Crippen LogP contribution in [0.25, 0.3) is 16.9 Å². The molecule has 0 bridgehead atoms. The van der Waals surface area contributed by atoms with Crippen LogP contribution >= 0.6 is 0 Å². The van der Waals surface area contributed by atoms with Crippen LogP contribution in [0.15, 0.2) is 65.5 Å². The maximum atomic E-state index is 13.4. The van der Waals surface area contributed by atoms with Crippen molar-refractivity contribution in [3.63, 3.8) is 0 Å². The molecule has 0 saturated heterocycles. The average Bonchev–Trinajstić information content (AvgIpc) is 3.48. The highest BCUT2D eigenvalue weighted by Crippen LogP contribution is 2.25. The van der Waals surface area contributed by atoms with Crippen molar-refractivity contribution in [2.75, 3.05) is 11.9 Å². The highest BCUT2D eigenvalue weighted by Gasteiger charge is 2.35. The summed E-state index contributed by atoms with van der Waals surface area (Å²) in [5, 5.41) is 16.5. The first-order chi connectivity index (χ1) is 17.5. The molecule has 0 fully saturated rings. The van der Waals surface area contributed by atoms with Crippen LogP contribution in [0.2, 0.25) is 0 Å². The van der Waals surface area contributed by atoms with Crippen molar-refractivity contribution in [3.05, 3.63) is 87.8 Å². The molecule has 0 atom stereocenters. The van der Waals surface area contributed by atoms with E-state index in [1.165, 1.54) is 4.52 Å². The molecule has 0 spiro atoms. The molecule has 2 aromatic heterocycles. The second-order valence-electron chi connectivity index (χ2n) is 8.71. The predicted molar refractivity (Wildman–Crippen MR) is 134 cm³/mol. The summed E-state index contributed by atoms with van der Waals surface area (Å²) in [5.41, 5.74) is 2.86. The number of unbranched alkanes of at least 4 members (excludes halogenated alkanes) is 1. The second-order valence-corrected chi connectivity index (χ2v) is 8.71. The third-order valence-electron chi connectivity index (χ3n) is 6.24. The Balaban J connectivity index is 1.60. The molecule has 9 nitrogen and oxygen atoms in total. The molecule has 36 heavy (non-hydrogen) atoms. The number of hydrogen-bond donors (Lipinski definition) is 1. The fraction of sp³-hybridized carbons (Fsp3) is 0.222. The Labute approximate surface area is 207 Å². The fourth-order valence-corrected chi connectivity index (χ4v) is 4.47. The first kappa shape index (κ1) is 23.1. The van der Waals surface area contributed by atoms with Crippen molar-refractivity contribution >= 4 is 23.1 Å². The Bertz CT molecular complexity index is 1580. The van der Waals surface area contributed by atoms with Gasteiger partial charge in [0.15, 0.2) is 0 Å². The highest BCUT2D eigenvalue weighted by atomic mass is 16.2. The quantitative estimate of drug-likeness (QED) is 0.436. The van der Waals surface area contributed by atoms with Gasteiger partial charge in [-0.3, -0.25) is 14.4 Å². The minimum absolute atomic E-state index is 0.190.